The zero-order chi connectivity index (χ0) is 25.0. The van der Waals surface area contributed by atoms with E-state index in [1.54, 1.807) is 0 Å². The van der Waals surface area contributed by atoms with E-state index in [-0.39, 0.29) is 12.1 Å². The van der Waals surface area contributed by atoms with Crippen LogP contribution in [-0.4, -0.2) is 53.9 Å². The quantitative estimate of drug-likeness (QED) is 0.503. The number of aromatic nitrogens is 2. The SMILES string of the molecule is CN1C=CCCC(c2cccc(-c3csc(NC(=O)CNC(=O)c4ccn(S(C)(=O)=O)c4)n3)c2)=C1. The van der Waals surface area contributed by atoms with Gasteiger partial charge in [-0.15, -0.1) is 11.3 Å². The molecule has 35 heavy (non-hydrogen) atoms. The average molecular weight is 512 g/mol. The minimum absolute atomic E-state index is 0.144. The van der Waals surface area contributed by atoms with Crippen molar-refractivity contribution in [2.24, 2.45) is 0 Å². The molecule has 0 saturated carbocycles. The van der Waals surface area contributed by atoms with Crippen LogP contribution in [0.15, 0.2) is 66.6 Å². The molecule has 4 rings (SSSR count). The number of anilines is 1. The third-order valence-corrected chi connectivity index (χ3v) is 7.03. The number of rotatable bonds is 7. The summed E-state index contributed by atoms with van der Waals surface area (Å²) in [6.45, 7) is -0.275. The topological polar surface area (TPSA) is 113 Å². The molecule has 3 aromatic rings. The molecule has 0 bridgehead atoms. The van der Waals surface area contributed by atoms with Crippen LogP contribution in [0.5, 0.6) is 0 Å². The number of hydrogen-bond donors (Lipinski definition) is 2. The van der Waals surface area contributed by atoms with Crippen molar-refractivity contribution in [2.75, 3.05) is 25.2 Å². The van der Waals surface area contributed by atoms with Gasteiger partial charge >= 0.3 is 0 Å². The Bertz CT molecular complexity index is 1420. The molecule has 11 heteroatoms. The number of nitrogens with one attached hydrogen (secondary N) is 2. The van der Waals surface area contributed by atoms with Gasteiger partial charge in [0.25, 0.3) is 5.91 Å². The Hall–Kier alpha value is -3.70. The van der Waals surface area contributed by atoms with Crippen LogP contribution in [-0.2, 0) is 14.8 Å². The number of benzene rings is 1. The lowest BCUT2D eigenvalue weighted by Gasteiger charge is -2.11. The molecule has 0 saturated heterocycles. The Morgan fingerprint density at radius 3 is 2.77 bits per heavy atom. The summed E-state index contributed by atoms with van der Waals surface area (Å²) >= 11 is 1.30. The highest BCUT2D eigenvalue weighted by molar-refractivity contribution is 7.89. The van der Waals surface area contributed by atoms with Crippen molar-refractivity contribution < 1.29 is 18.0 Å². The van der Waals surface area contributed by atoms with E-state index in [1.807, 2.05) is 29.5 Å². The number of hydrogen-bond acceptors (Lipinski definition) is 7. The van der Waals surface area contributed by atoms with Crippen LogP contribution in [0, 0.1) is 0 Å². The summed E-state index contributed by atoms with van der Waals surface area (Å²) in [6, 6.07) is 9.51. The van der Waals surface area contributed by atoms with E-state index in [1.165, 1.54) is 35.4 Å². The van der Waals surface area contributed by atoms with Gasteiger partial charge < -0.3 is 15.5 Å². The summed E-state index contributed by atoms with van der Waals surface area (Å²) in [5.41, 5.74) is 4.21. The summed E-state index contributed by atoms with van der Waals surface area (Å²) in [6.07, 6.45) is 11.8. The number of carbonyl (C=O) groups is 2. The second-order valence-electron chi connectivity index (χ2n) is 8.09. The van der Waals surface area contributed by atoms with Gasteiger partial charge in [0.2, 0.25) is 15.9 Å². The molecule has 2 amide bonds. The van der Waals surface area contributed by atoms with E-state index in [0.29, 0.717) is 5.13 Å². The van der Waals surface area contributed by atoms with E-state index in [2.05, 4.69) is 46.2 Å². The molecular weight excluding hydrogens is 486 g/mol. The van der Waals surface area contributed by atoms with Gasteiger partial charge in [0.15, 0.2) is 5.13 Å². The van der Waals surface area contributed by atoms with E-state index >= 15 is 0 Å². The number of thiazole rings is 1. The van der Waals surface area contributed by atoms with E-state index in [4.69, 9.17) is 0 Å². The molecule has 2 aromatic heterocycles. The van der Waals surface area contributed by atoms with Gasteiger partial charge in [0.05, 0.1) is 24.1 Å². The maximum Gasteiger partial charge on any atom is 0.253 e. The van der Waals surface area contributed by atoms with Crippen LogP contribution >= 0.6 is 11.3 Å². The number of allylic oxidation sites excluding steroid dienone is 2. The maximum atomic E-state index is 12.3. The van der Waals surface area contributed by atoms with Crippen molar-refractivity contribution in [3.05, 3.63) is 77.7 Å². The molecule has 2 N–H and O–H groups in total. The monoisotopic (exact) mass is 511 g/mol. The van der Waals surface area contributed by atoms with Gasteiger partial charge in [-0.25, -0.2) is 13.4 Å². The number of amides is 2. The van der Waals surface area contributed by atoms with E-state index in [0.717, 1.165) is 39.9 Å². The Balaban J connectivity index is 1.36. The van der Waals surface area contributed by atoms with Gasteiger partial charge in [0, 0.05) is 36.6 Å². The Kier molecular flexibility index (Phi) is 7.17. The molecule has 0 atom stereocenters. The second-order valence-corrected chi connectivity index (χ2v) is 10.8. The predicted octanol–water partition coefficient (Wildman–Crippen LogP) is 3.37. The molecule has 1 aliphatic rings. The number of nitrogens with zero attached hydrogens (tertiary/aromatic N) is 3. The first kappa shape index (κ1) is 24.4. The smallest absolute Gasteiger partial charge is 0.253 e. The Morgan fingerprint density at radius 2 is 2.00 bits per heavy atom. The van der Waals surface area contributed by atoms with Crippen LogP contribution < -0.4 is 10.6 Å². The lowest BCUT2D eigenvalue weighted by molar-refractivity contribution is -0.115. The first-order valence-corrected chi connectivity index (χ1v) is 13.5. The van der Waals surface area contributed by atoms with Gasteiger partial charge in [-0.1, -0.05) is 24.3 Å². The average Bonchev–Trinajstić information content (AvgIpc) is 3.45. The van der Waals surface area contributed by atoms with Gasteiger partial charge in [-0.05, 0) is 42.3 Å². The lowest BCUT2D eigenvalue weighted by atomic mass is 9.99. The molecule has 0 spiro atoms. The lowest BCUT2D eigenvalue weighted by Crippen LogP contribution is -2.32. The van der Waals surface area contributed by atoms with Crippen molar-refractivity contribution in [3.8, 4) is 11.3 Å². The first-order chi connectivity index (χ1) is 16.7. The zero-order valence-electron chi connectivity index (χ0n) is 19.3. The van der Waals surface area contributed by atoms with Crippen molar-refractivity contribution in [2.45, 2.75) is 12.8 Å². The predicted molar refractivity (Wildman–Crippen MR) is 137 cm³/mol. The highest BCUT2D eigenvalue weighted by Crippen LogP contribution is 2.29. The molecule has 1 aliphatic heterocycles. The molecule has 182 valence electrons. The fraction of sp³-hybridized carbons (Fsp3) is 0.208. The first-order valence-electron chi connectivity index (χ1n) is 10.8. The second kappa shape index (κ2) is 10.3. The summed E-state index contributed by atoms with van der Waals surface area (Å²) in [5.74, 6) is -0.984. The molecule has 3 heterocycles. The third kappa shape index (κ3) is 6.25. The van der Waals surface area contributed by atoms with E-state index < -0.39 is 21.8 Å². The molecule has 0 unspecified atom stereocenters. The standard InChI is InChI=1S/C24H25N5O4S2/c1-28-10-4-3-6-19(14-28)17-7-5-8-18(12-17)21-16-34-24(26-21)27-22(30)13-25-23(31)20-9-11-29(15-20)35(2,32)33/h4-5,7-12,14-16H,3,6,13H2,1-2H3,(H,25,31)(H,26,27,30). The van der Waals surface area contributed by atoms with Crippen molar-refractivity contribution >= 4 is 43.9 Å². The fourth-order valence-electron chi connectivity index (χ4n) is 3.54. The normalized spacial score (nSPS) is 13.8. The van der Waals surface area contributed by atoms with Gasteiger partial charge in [-0.3, -0.25) is 13.6 Å². The third-order valence-electron chi connectivity index (χ3n) is 5.28. The van der Waals surface area contributed by atoms with Crippen molar-refractivity contribution in [3.63, 3.8) is 0 Å². The summed E-state index contributed by atoms with van der Waals surface area (Å²) in [4.78, 5) is 31.1. The van der Waals surface area contributed by atoms with Gasteiger partial charge in [0.1, 0.15) is 0 Å². The molecule has 1 aromatic carbocycles. The Morgan fingerprint density at radius 1 is 1.20 bits per heavy atom. The molecule has 0 radical (unpaired) electrons. The minimum atomic E-state index is -3.48. The highest BCUT2D eigenvalue weighted by atomic mass is 32.2. The molecule has 0 aliphatic carbocycles. The van der Waals surface area contributed by atoms with Crippen molar-refractivity contribution in [1.29, 1.82) is 0 Å². The van der Waals surface area contributed by atoms with Gasteiger partial charge in [-0.2, -0.15) is 0 Å². The summed E-state index contributed by atoms with van der Waals surface area (Å²) in [5, 5.41) is 7.46. The zero-order valence-corrected chi connectivity index (χ0v) is 20.9. The largest absolute Gasteiger partial charge is 0.357 e. The van der Waals surface area contributed by atoms with Crippen LogP contribution in [0.4, 0.5) is 5.13 Å². The van der Waals surface area contributed by atoms with Crippen LogP contribution in [0.2, 0.25) is 0 Å². The molecule has 9 nitrogen and oxygen atoms in total. The number of carbonyl (C=O) groups excluding carboxylic acids is 2. The fourth-order valence-corrected chi connectivity index (χ4v) is 4.86. The summed E-state index contributed by atoms with van der Waals surface area (Å²) < 4.78 is 24.0. The molecular formula is C24H25N5O4S2. The minimum Gasteiger partial charge on any atom is -0.357 e. The van der Waals surface area contributed by atoms with Crippen LogP contribution in [0.1, 0.15) is 28.8 Å². The Labute approximate surface area is 207 Å². The van der Waals surface area contributed by atoms with Crippen LogP contribution in [0.25, 0.3) is 16.8 Å². The molecule has 0 fully saturated rings. The maximum absolute atomic E-state index is 12.3. The van der Waals surface area contributed by atoms with Crippen molar-refractivity contribution in [1.82, 2.24) is 19.2 Å². The van der Waals surface area contributed by atoms with Crippen LogP contribution in [0.3, 0.4) is 0 Å². The highest BCUT2D eigenvalue weighted by Gasteiger charge is 2.14. The summed E-state index contributed by atoms with van der Waals surface area (Å²) in [7, 11) is -1.47. The van der Waals surface area contributed by atoms with E-state index in [9.17, 15) is 18.0 Å².